The Balaban J connectivity index is 1.35. The zero-order valence-corrected chi connectivity index (χ0v) is 22.1. The Labute approximate surface area is 228 Å². The van der Waals surface area contributed by atoms with Crippen LogP contribution in [0.2, 0.25) is 0 Å². The van der Waals surface area contributed by atoms with E-state index in [4.69, 9.17) is 23.7 Å². The van der Waals surface area contributed by atoms with Crippen LogP contribution in [0.5, 0.6) is 34.6 Å². The van der Waals surface area contributed by atoms with Crippen LogP contribution in [-0.2, 0) is 0 Å². The number of hydrogen-bond acceptors (Lipinski definition) is 11. The fraction of sp³-hybridized carbons (Fsp3) is 0.185. The molecule has 0 radical (unpaired) electrons. The van der Waals surface area contributed by atoms with Crippen molar-refractivity contribution in [2.75, 3.05) is 33.3 Å². The van der Waals surface area contributed by atoms with Crippen molar-refractivity contribution in [3.8, 4) is 40.3 Å². The highest BCUT2D eigenvalue weighted by Crippen LogP contribution is 2.37. The minimum absolute atomic E-state index is 0.0579. The molecule has 0 bridgehead atoms. The summed E-state index contributed by atoms with van der Waals surface area (Å²) in [7, 11) is 4.61. The lowest BCUT2D eigenvalue weighted by atomic mass is 10.2. The molecular weight excluding hydrogens is 518 g/mol. The van der Waals surface area contributed by atoms with E-state index in [9.17, 15) is 4.79 Å². The molecule has 204 valence electrons. The maximum absolute atomic E-state index is 13.1. The van der Waals surface area contributed by atoms with E-state index in [1.165, 1.54) is 30.5 Å². The lowest BCUT2D eigenvalue weighted by Gasteiger charge is -2.12. The van der Waals surface area contributed by atoms with E-state index in [1.807, 2.05) is 6.92 Å². The highest BCUT2D eigenvalue weighted by Gasteiger charge is 2.21. The second-order valence-electron chi connectivity index (χ2n) is 8.11. The van der Waals surface area contributed by atoms with Gasteiger partial charge in [-0.05, 0) is 31.2 Å². The molecule has 40 heavy (non-hydrogen) atoms. The van der Waals surface area contributed by atoms with Crippen molar-refractivity contribution in [3.63, 3.8) is 0 Å². The zero-order valence-electron chi connectivity index (χ0n) is 22.1. The fourth-order valence-corrected chi connectivity index (χ4v) is 3.88. The van der Waals surface area contributed by atoms with Crippen LogP contribution in [0.1, 0.15) is 17.4 Å². The zero-order chi connectivity index (χ0) is 28.1. The lowest BCUT2D eigenvalue weighted by molar-refractivity contribution is 0.101. The van der Waals surface area contributed by atoms with Gasteiger partial charge in [0.25, 0.3) is 5.91 Å². The second kappa shape index (κ2) is 11.5. The summed E-state index contributed by atoms with van der Waals surface area (Å²) in [5.41, 5.74) is 1.18. The molecule has 0 aliphatic heterocycles. The average molecular weight is 544 g/mol. The van der Waals surface area contributed by atoms with Crippen LogP contribution in [0.15, 0.2) is 61.4 Å². The molecule has 5 rings (SSSR count). The number of nitrogens with zero attached hydrogens (tertiary/aromatic N) is 6. The molecule has 0 saturated carbocycles. The summed E-state index contributed by atoms with van der Waals surface area (Å²) >= 11 is 0. The van der Waals surface area contributed by atoms with E-state index in [2.05, 4.69) is 30.4 Å². The van der Waals surface area contributed by atoms with E-state index in [0.717, 1.165) is 5.39 Å². The third-order valence-corrected chi connectivity index (χ3v) is 5.71. The number of nitrogens with one attached hydrogen (secondary N) is 1. The summed E-state index contributed by atoms with van der Waals surface area (Å²) in [5.74, 6) is 2.48. The Morgan fingerprint density at radius 2 is 1.75 bits per heavy atom. The molecule has 0 unspecified atom stereocenters. The maximum Gasteiger partial charge on any atom is 0.281 e. The molecule has 1 N–H and O–H groups in total. The molecule has 4 aromatic heterocycles. The van der Waals surface area contributed by atoms with E-state index < -0.39 is 5.91 Å². The summed E-state index contributed by atoms with van der Waals surface area (Å²) in [6, 6.07) is 8.61. The molecular formula is C27H25N7O6. The second-order valence-corrected chi connectivity index (χ2v) is 8.11. The summed E-state index contributed by atoms with van der Waals surface area (Å²) in [6.07, 6.45) is 7.57. The van der Waals surface area contributed by atoms with Gasteiger partial charge in [-0.2, -0.15) is 10.1 Å². The molecule has 5 aromatic rings. The monoisotopic (exact) mass is 543 g/mol. The van der Waals surface area contributed by atoms with Gasteiger partial charge in [0.1, 0.15) is 29.3 Å². The van der Waals surface area contributed by atoms with Gasteiger partial charge < -0.3 is 29.0 Å². The Hall–Kier alpha value is -5.46. The Bertz CT molecular complexity index is 1660. The number of fused-ring (bicyclic) bond motifs is 1. The van der Waals surface area contributed by atoms with Crippen molar-refractivity contribution in [1.82, 2.24) is 29.7 Å². The van der Waals surface area contributed by atoms with Crippen molar-refractivity contribution in [2.45, 2.75) is 6.92 Å². The van der Waals surface area contributed by atoms with Crippen molar-refractivity contribution < 1.29 is 28.5 Å². The number of benzene rings is 1. The minimum atomic E-state index is -0.514. The van der Waals surface area contributed by atoms with Crippen LogP contribution < -0.4 is 29.0 Å². The van der Waals surface area contributed by atoms with E-state index in [-0.39, 0.29) is 11.4 Å². The first-order valence-corrected chi connectivity index (χ1v) is 12.1. The largest absolute Gasteiger partial charge is 0.493 e. The number of hydrogen-bond donors (Lipinski definition) is 1. The number of carbonyl (C=O) groups is 1. The first-order valence-electron chi connectivity index (χ1n) is 12.1. The molecule has 0 aliphatic carbocycles. The van der Waals surface area contributed by atoms with E-state index >= 15 is 0 Å². The number of ether oxygens (including phenoxy) is 5. The molecule has 0 aliphatic rings. The highest BCUT2D eigenvalue weighted by molar-refractivity contribution is 6.04. The predicted octanol–water partition coefficient (Wildman–Crippen LogP) is 4.07. The van der Waals surface area contributed by atoms with E-state index in [0.29, 0.717) is 52.5 Å². The van der Waals surface area contributed by atoms with Gasteiger partial charge in [0, 0.05) is 17.6 Å². The van der Waals surface area contributed by atoms with Gasteiger partial charge in [0.15, 0.2) is 22.9 Å². The number of anilines is 1. The SMILES string of the molecule is CCOc1cn(-c2cncnc2OC)nc1C(=O)Nc1ccc(Oc2ccnc3cc(OC)c(OC)cc23)cn1. The highest BCUT2D eigenvalue weighted by atomic mass is 16.5. The Kier molecular flexibility index (Phi) is 7.53. The Morgan fingerprint density at radius 1 is 0.925 bits per heavy atom. The number of methoxy groups -OCH3 is 3. The molecule has 0 fully saturated rings. The van der Waals surface area contributed by atoms with Crippen LogP contribution in [0.25, 0.3) is 16.6 Å². The number of rotatable bonds is 10. The average Bonchev–Trinajstić information content (AvgIpc) is 3.41. The minimum Gasteiger partial charge on any atom is -0.493 e. The molecule has 13 nitrogen and oxygen atoms in total. The van der Waals surface area contributed by atoms with Gasteiger partial charge in [-0.3, -0.25) is 9.78 Å². The fourth-order valence-electron chi connectivity index (χ4n) is 3.88. The molecule has 1 amide bonds. The first-order chi connectivity index (χ1) is 19.5. The molecule has 0 saturated heterocycles. The van der Waals surface area contributed by atoms with Gasteiger partial charge >= 0.3 is 0 Å². The quantitative estimate of drug-likeness (QED) is 0.272. The summed E-state index contributed by atoms with van der Waals surface area (Å²) in [6.45, 7) is 2.14. The molecule has 4 heterocycles. The topological polar surface area (TPSA) is 145 Å². The van der Waals surface area contributed by atoms with Crippen molar-refractivity contribution in [2.24, 2.45) is 0 Å². The number of carbonyl (C=O) groups excluding carboxylic acids is 1. The van der Waals surface area contributed by atoms with Gasteiger partial charge in [-0.25, -0.2) is 14.6 Å². The van der Waals surface area contributed by atoms with Crippen LogP contribution in [0.3, 0.4) is 0 Å². The molecule has 1 aromatic carbocycles. The van der Waals surface area contributed by atoms with Crippen molar-refractivity contribution in [1.29, 1.82) is 0 Å². The standard InChI is InChI=1S/C27H25N7O6/c1-5-39-23-14-34(19-13-28-15-31-27(19)38-4)33-25(23)26(35)32-24-7-6-16(12-30-24)40-20-8-9-29-18-11-22(37-3)21(36-2)10-17(18)20/h6-15H,5H2,1-4H3,(H,30,32,35). The van der Waals surface area contributed by atoms with Gasteiger partial charge in [-0.1, -0.05) is 0 Å². The third-order valence-electron chi connectivity index (χ3n) is 5.71. The van der Waals surface area contributed by atoms with Crippen LogP contribution in [0, 0.1) is 0 Å². The summed E-state index contributed by atoms with van der Waals surface area (Å²) in [4.78, 5) is 29.9. The summed E-state index contributed by atoms with van der Waals surface area (Å²) < 4.78 is 29.2. The van der Waals surface area contributed by atoms with Gasteiger partial charge in [-0.15, -0.1) is 0 Å². The summed E-state index contributed by atoms with van der Waals surface area (Å²) in [5, 5.41) is 7.84. The lowest BCUT2D eigenvalue weighted by Crippen LogP contribution is -2.15. The normalized spacial score (nSPS) is 10.7. The number of aromatic nitrogens is 6. The van der Waals surface area contributed by atoms with E-state index in [1.54, 1.807) is 56.9 Å². The van der Waals surface area contributed by atoms with Crippen LogP contribution in [-0.4, -0.2) is 63.6 Å². The van der Waals surface area contributed by atoms with Gasteiger partial charge in [0.2, 0.25) is 5.88 Å². The van der Waals surface area contributed by atoms with Gasteiger partial charge in [0.05, 0.1) is 52.0 Å². The molecule has 0 spiro atoms. The molecule has 0 atom stereocenters. The van der Waals surface area contributed by atoms with Crippen LogP contribution in [0.4, 0.5) is 5.82 Å². The Morgan fingerprint density at radius 3 is 2.48 bits per heavy atom. The first kappa shape index (κ1) is 26.2. The third kappa shape index (κ3) is 5.25. The number of amides is 1. The smallest absolute Gasteiger partial charge is 0.281 e. The van der Waals surface area contributed by atoms with Crippen molar-refractivity contribution in [3.05, 3.63) is 67.1 Å². The maximum atomic E-state index is 13.1. The number of pyridine rings is 2. The molecule has 13 heteroatoms. The van der Waals surface area contributed by atoms with Crippen molar-refractivity contribution >= 4 is 22.6 Å². The van der Waals surface area contributed by atoms with Crippen LogP contribution >= 0.6 is 0 Å². The predicted molar refractivity (Wildman–Crippen MR) is 144 cm³/mol.